The topological polar surface area (TPSA) is 71.9 Å². The summed E-state index contributed by atoms with van der Waals surface area (Å²) in [5, 5.41) is 8.65. The maximum absolute atomic E-state index is 12.5. The molecule has 9 heteroatoms. The van der Waals surface area contributed by atoms with Crippen LogP contribution in [0.1, 0.15) is 54.9 Å². The minimum absolute atomic E-state index is 0.215. The van der Waals surface area contributed by atoms with Gasteiger partial charge in [-0.15, -0.1) is 0 Å². The van der Waals surface area contributed by atoms with Crippen molar-refractivity contribution in [1.82, 2.24) is 10.7 Å². The average molecular weight is 494 g/mol. The molecular weight excluding hydrogens is 469 g/mol. The highest BCUT2D eigenvalue weighted by atomic mass is 35.5. The van der Waals surface area contributed by atoms with E-state index in [2.05, 4.69) is 15.8 Å². The van der Waals surface area contributed by atoms with Gasteiger partial charge in [-0.3, -0.25) is 5.43 Å². The second-order valence-electron chi connectivity index (χ2n) is 7.33. The largest absolute Gasteiger partial charge is 0.490 e. The van der Waals surface area contributed by atoms with E-state index in [1.54, 1.807) is 30.5 Å². The second-order valence-corrected chi connectivity index (χ2v) is 8.58. The number of halogens is 2. The number of benzene rings is 2. The number of rotatable bonds is 7. The fraction of sp³-hybridized carbons (Fsp3) is 0.348. The van der Waals surface area contributed by atoms with Crippen molar-refractivity contribution in [3.05, 3.63) is 57.6 Å². The molecule has 0 bridgehead atoms. The van der Waals surface area contributed by atoms with Gasteiger partial charge in [-0.2, -0.15) is 5.10 Å². The van der Waals surface area contributed by atoms with Gasteiger partial charge in [0.2, 0.25) is 0 Å². The van der Waals surface area contributed by atoms with Gasteiger partial charge >= 0.3 is 5.97 Å². The fourth-order valence-electron chi connectivity index (χ4n) is 3.40. The van der Waals surface area contributed by atoms with Crippen molar-refractivity contribution in [1.29, 1.82) is 0 Å². The van der Waals surface area contributed by atoms with Crippen molar-refractivity contribution < 1.29 is 14.3 Å². The molecule has 2 N–H and O–H groups in total. The first-order chi connectivity index (χ1) is 15.5. The van der Waals surface area contributed by atoms with Gasteiger partial charge in [0.05, 0.1) is 23.4 Å². The molecule has 0 aliphatic heterocycles. The lowest BCUT2D eigenvalue weighted by atomic mass is 9.96. The first kappa shape index (κ1) is 24.3. The number of nitrogens with zero attached hydrogens (tertiary/aromatic N) is 1. The Bertz CT molecular complexity index is 994. The molecule has 1 fully saturated rings. The summed E-state index contributed by atoms with van der Waals surface area (Å²) in [6, 6.07) is 10.1. The molecule has 0 aromatic heterocycles. The Morgan fingerprint density at radius 1 is 1.16 bits per heavy atom. The maximum Gasteiger partial charge on any atom is 0.345 e. The van der Waals surface area contributed by atoms with Gasteiger partial charge in [0.15, 0.2) is 16.6 Å². The van der Waals surface area contributed by atoms with Crippen molar-refractivity contribution in [2.75, 3.05) is 6.61 Å². The Labute approximate surface area is 203 Å². The molecule has 32 heavy (non-hydrogen) atoms. The summed E-state index contributed by atoms with van der Waals surface area (Å²) in [5.41, 5.74) is 3.82. The van der Waals surface area contributed by atoms with Crippen molar-refractivity contribution in [3.63, 3.8) is 0 Å². The molecule has 3 rings (SSSR count). The molecule has 0 atom stereocenters. The van der Waals surface area contributed by atoms with Crippen LogP contribution < -0.4 is 20.2 Å². The van der Waals surface area contributed by atoms with Crippen LogP contribution in [-0.2, 0) is 0 Å². The van der Waals surface area contributed by atoms with Crippen LogP contribution in [0.4, 0.5) is 0 Å². The van der Waals surface area contributed by atoms with Gasteiger partial charge in [0, 0.05) is 11.1 Å². The van der Waals surface area contributed by atoms with E-state index in [4.69, 9.17) is 44.9 Å². The Morgan fingerprint density at radius 3 is 2.66 bits per heavy atom. The summed E-state index contributed by atoms with van der Waals surface area (Å²) >= 11 is 17.3. The molecule has 0 amide bonds. The molecule has 0 unspecified atom stereocenters. The van der Waals surface area contributed by atoms with E-state index in [0.717, 1.165) is 18.4 Å². The van der Waals surface area contributed by atoms with Crippen molar-refractivity contribution in [2.45, 2.75) is 45.1 Å². The first-order valence-corrected chi connectivity index (χ1v) is 11.7. The smallest absolute Gasteiger partial charge is 0.345 e. The average Bonchev–Trinajstić information content (AvgIpc) is 2.76. The third-order valence-corrected chi connectivity index (χ3v) is 5.70. The lowest BCUT2D eigenvalue weighted by Crippen LogP contribution is -2.40. The van der Waals surface area contributed by atoms with Gasteiger partial charge < -0.3 is 14.8 Å². The van der Waals surface area contributed by atoms with Crippen LogP contribution in [0.15, 0.2) is 41.5 Å². The van der Waals surface area contributed by atoms with Gasteiger partial charge in [-0.1, -0.05) is 42.5 Å². The monoisotopic (exact) mass is 493 g/mol. The predicted octanol–water partition coefficient (Wildman–Crippen LogP) is 5.74. The maximum atomic E-state index is 12.5. The number of ether oxygens (including phenoxy) is 2. The van der Waals surface area contributed by atoms with Crippen molar-refractivity contribution >= 4 is 52.7 Å². The first-order valence-electron chi connectivity index (χ1n) is 10.5. The number of hydrogen-bond acceptors (Lipinski definition) is 5. The number of hydrogen-bond donors (Lipinski definition) is 2. The van der Waals surface area contributed by atoms with E-state index in [9.17, 15) is 4.79 Å². The van der Waals surface area contributed by atoms with Crippen LogP contribution >= 0.6 is 35.4 Å². The van der Waals surface area contributed by atoms with E-state index in [0.29, 0.717) is 28.5 Å². The van der Waals surface area contributed by atoms with Crippen LogP contribution in [0, 0.1) is 0 Å². The molecule has 2 aromatic carbocycles. The summed E-state index contributed by atoms with van der Waals surface area (Å²) in [7, 11) is 0. The van der Waals surface area contributed by atoms with E-state index < -0.39 is 5.97 Å². The summed E-state index contributed by atoms with van der Waals surface area (Å²) in [5.74, 6) is 0.0927. The number of thiocarbonyl (C=S) groups is 1. The van der Waals surface area contributed by atoms with E-state index in [-0.39, 0.29) is 16.3 Å². The van der Waals surface area contributed by atoms with Gasteiger partial charge in [-0.05, 0) is 73.9 Å². The molecule has 170 valence electrons. The van der Waals surface area contributed by atoms with E-state index >= 15 is 0 Å². The summed E-state index contributed by atoms with van der Waals surface area (Å²) in [6.45, 7) is 2.25. The quantitative estimate of drug-likeness (QED) is 0.168. The van der Waals surface area contributed by atoms with Crippen LogP contribution in [0.5, 0.6) is 11.5 Å². The Balaban J connectivity index is 1.63. The highest BCUT2D eigenvalue weighted by molar-refractivity contribution is 7.80. The minimum Gasteiger partial charge on any atom is -0.490 e. The Kier molecular flexibility index (Phi) is 9.14. The standard InChI is InChI=1S/C23H25Cl2N3O3S/c1-2-30-21-12-15(14-26-28-23(32)27-17-6-4-3-5-7-17)8-11-20(21)31-22(29)18-10-9-16(24)13-19(18)25/h8-14,17H,2-7H2,1H3,(H2,27,28,32)/b26-14-. The zero-order valence-corrected chi connectivity index (χ0v) is 20.0. The van der Waals surface area contributed by atoms with Gasteiger partial charge in [0.25, 0.3) is 0 Å². The normalized spacial score (nSPS) is 14.2. The SMILES string of the molecule is CCOc1cc(/C=N\NC(=S)NC2CCCCC2)ccc1OC(=O)c1ccc(Cl)cc1Cl. The molecule has 6 nitrogen and oxygen atoms in total. The van der Waals surface area contributed by atoms with Crippen molar-refractivity contribution in [2.24, 2.45) is 5.10 Å². The lowest BCUT2D eigenvalue weighted by Gasteiger charge is -2.23. The number of carbonyl (C=O) groups excluding carboxylic acids is 1. The zero-order valence-electron chi connectivity index (χ0n) is 17.7. The van der Waals surface area contributed by atoms with E-state index in [1.807, 2.05) is 6.92 Å². The molecule has 0 radical (unpaired) electrons. The molecule has 0 saturated heterocycles. The van der Waals surface area contributed by atoms with E-state index in [1.165, 1.54) is 31.4 Å². The molecule has 2 aromatic rings. The number of hydrazone groups is 1. The number of nitrogens with one attached hydrogen (secondary N) is 2. The fourth-order valence-corrected chi connectivity index (χ4v) is 4.10. The molecule has 1 aliphatic rings. The van der Waals surface area contributed by atoms with Crippen LogP contribution in [0.3, 0.4) is 0 Å². The third-order valence-electron chi connectivity index (χ3n) is 4.94. The number of esters is 1. The van der Waals surface area contributed by atoms with Crippen LogP contribution in [-0.4, -0.2) is 29.9 Å². The molecule has 1 aliphatic carbocycles. The van der Waals surface area contributed by atoms with Gasteiger partial charge in [-0.25, -0.2) is 4.79 Å². The number of carbonyl (C=O) groups is 1. The summed E-state index contributed by atoms with van der Waals surface area (Å²) in [4.78, 5) is 12.5. The Hall–Kier alpha value is -2.35. The highest BCUT2D eigenvalue weighted by Gasteiger charge is 2.16. The predicted molar refractivity (Wildman–Crippen MR) is 132 cm³/mol. The van der Waals surface area contributed by atoms with Crippen LogP contribution in [0.25, 0.3) is 0 Å². The van der Waals surface area contributed by atoms with Gasteiger partial charge in [0.1, 0.15) is 0 Å². The Morgan fingerprint density at radius 2 is 1.94 bits per heavy atom. The molecule has 1 saturated carbocycles. The second kappa shape index (κ2) is 12.0. The molecule has 0 heterocycles. The third kappa shape index (κ3) is 7.08. The highest BCUT2D eigenvalue weighted by Crippen LogP contribution is 2.30. The summed E-state index contributed by atoms with van der Waals surface area (Å²) < 4.78 is 11.1. The molecule has 0 spiro atoms. The van der Waals surface area contributed by atoms with Crippen LogP contribution in [0.2, 0.25) is 10.0 Å². The van der Waals surface area contributed by atoms with Crippen molar-refractivity contribution in [3.8, 4) is 11.5 Å². The summed E-state index contributed by atoms with van der Waals surface area (Å²) in [6.07, 6.45) is 7.63. The minimum atomic E-state index is -0.602. The lowest BCUT2D eigenvalue weighted by molar-refractivity contribution is 0.0728. The molecular formula is C23H25Cl2N3O3S. The zero-order chi connectivity index (χ0) is 22.9.